The first-order valence-electron chi connectivity index (χ1n) is 9.97. The minimum Gasteiger partial charge on any atom is -0.480 e. The maximum Gasteiger partial charge on any atom is 0.317 e. The van der Waals surface area contributed by atoms with Gasteiger partial charge in [0.25, 0.3) is 0 Å². The highest BCUT2D eigenvalue weighted by atomic mass is 19.1. The summed E-state index contributed by atoms with van der Waals surface area (Å²) in [4.78, 5) is 28.4. The van der Waals surface area contributed by atoms with E-state index in [-0.39, 0.29) is 24.3 Å². The summed E-state index contributed by atoms with van der Waals surface area (Å²) in [6.45, 7) is 3.98. The van der Waals surface area contributed by atoms with Gasteiger partial charge in [-0.25, -0.2) is 4.39 Å². The first-order chi connectivity index (χ1) is 13.0. The quantitative estimate of drug-likeness (QED) is 0.829. The van der Waals surface area contributed by atoms with Gasteiger partial charge in [-0.05, 0) is 49.9 Å². The van der Waals surface area contributed by atoms with Crippen LogP contribution in [-0.4, -0.2) is 59.0 Å². The molecular formula is C21H29FN2O3. The number of carbonyl (C=O) groups is 2. The van der Waals surface area contributed by atoms with E-state index < -0.39 is 11.4 Å². The fraction of sp³-hybridized carbons (Fsp3) is 0.619. The Morgan fingerprint density at radius 1 is 1.26 bits per heavy atom. The van der Waals surface area contributed by atoms with Crippen LogP contribution in [0.1, 0.15) is 51.0 Å². The third-order valence-corrected chi connectivity index (χ3v) is 6.26. The van der Waals surface area contributed by atoms with E-state index >= 15 is 0 Å². The predicted octanol–water partition coefficient (Wildman–Crippen LogP) is 3.04. The second-order valence-corrected chi connectivity index (χ2v) is 7.78. The van der Waals surface area contributed by atoms with Crippen molar-refractivity contribution in [2.45, 2.75) is 56.9 Å². The number of carbonyl (C=O) groups excluding carboxylic acids is 1. The lowest BCUT2D eigenvalue weighted by Crippen LogP contribution is -2.52. The second kappa shape index (κ2) is 8.38. The first kappa shape index (κ1) is 19.8. The Balaban J connectivity index is 1.71. The molecule has 0 radical (unpaired) electrons. The highest BCUT2D eigenvalue weighted by Gasteiger charge is 2.45. The molecule has 0 atom stereocenters. The third kappa shape index (κ3) is 4.15. The molecule has 1 saturated carbocycles. The van der Waals surface area contributed by atoms with Gasteiger partial charge in [-0.15, -0.1) is 0 Å². The fourth-order valence-corrected chi connectivity index (χ4v) is 4.80. The molecule has 1 heterocycles. The summed E-state index contributed by atoms with van der Waals surface area (Å²) in [5, 5.41) is 9.07. The highest BCUT2D eigenvalue weighted by Crippen LogP contribution is 2.43. The molecule has 1 aromatic rings. The van der Waals surface area contributed by atoms with Crippen LogP contribution in [0.5, 0.6) is 0 Å². The molecule has 27 heavy (non-hydrogen) atoms. The van der Waals surface area contributed by atoms with Gasteiger partial charge in [0.2, 0.25) is 5.91 Å². The molecular weight excluding hydrogens is 347 g/mol. The van der Waals surface area contributed by atoms with Gasteiger partial charge in [0.05, 0.1) is 12.0 Å². The molecule has 1 aliphatic heterocycles. The van der Waals surface area contributed by atoms with Gasteiger partial charge < -0.3 is 10.0 Å². The first-order valence-corrected chi connectivity index (χ1v) is 9.97. The lowest BCUT2D eigenvalue weighted by Gasteiger charge is -2.41. The molecule has 1 amide bonds. The summed E-state index contributed by atoms with van der Waals surface area (Å²) in [6, 6.07) is 6.70. The molecule has 148 valence electrons. The number of halogens is 1. The summed E-state index contributed by atoms with van der Waals surface area (Å²) in [5.41, 5.74) is 0.202. The Hall–Kier alpha value is -1.95. The number of piperidine rings is 1. The molecule has 0 bridgehead atoms. The van der Waals surface area contributed by atoms with Crippen molar-refractivity contribution >= 4 is 11.9 Å². The number of likely N-dealkylation sites (tertiary alicyclic amines) is 1. The van der Waals surface area contributed by atoms with E-state index in [1.54, 1.807) is 6.07 Å². The predicted molar refractivity (Wildman–Crippen MR) is 101 cm³/mol. The SMILES string of the molecule is CCN(CC(=O)O)C1CCN(C(=O)C2(c3cccc(F)c3)CCCC2)CC1. The minimum absolute atomic E-state index is 0.0440. The average molecular weight is 376 g/mol. The number of amides is 1. The Morgan fingerprint density at radius 2 is 1.93 bits per heavy atom. The molecule has 0 aromatic heterocycles. The summed E-state index contributed by atoms with van der Waals surface area (Å²) in [6.07, 6.45) is 5.09. The zero-order valence-electron chi connectivity index (χ0n) is 16.0. The standard InChI is InChI=1S/C21H29FN2O3/c1-2-23(15-19(25)26)18-8-12-24(13-9-18)20(27)21(10-3-4-11-21)16-6-5-7-17(22)14-16/h5-7,14,18H,2-4,8-13,15H2,1H3,(H,25,26). The van der Waals surface area contributed by atoms with Crippen LogP contribution in [0.2, 0.25) is 0 Å². The Kier molecular flexibility index (Phi) is 6.15. The van der Waals surface area contributed by atoms with E-state index in [9.17, 15) is 14.0 Å². The van der Waals surface area contributed by atoms with Crippen molar-refractivity contribution in [2.75, 3.05) is 26.2 Å². The minimum atomic E-state index is -0.814. The van der Waals surface area contributed by atoms with Crippen LogP contribution < -0.4 is 0 Å². The van der Waals surface area contributed by atoms with Crippen molar-refractivity contribution in [3.8, 4) is 0 Å². The van der Waals surface area contributed by atoms with Crippen molar-refractivity contribution < 1.29 is 19.1 Å². The van der Waals surface area contributed by atoms with Crippen molar-refractivity contribution in [3.05, 3.63) is 35.6 Å². The molecule has 2 aliphatic rings. The molecule has 0 spiro atoms. The Morgan fingerprint density at radius 3 is 2.48 bits per heavy atom. The average Bonchev–Trinajstić information content (AvgIpc) is 3.17. The molecule has 1 N–H and O–H groups in total. The number of carboxylic acid groups (broad SMARTS) is 1. The number of likely N-dealkylation sites (N-methyl/N-ethyl adjacent to an activating group) is 1. The van der Waals surface area contributed by atoms with Crippen LogP contribution in [0.4, 0.5) is 4.39 Å². The molecule has 5 nitrogen and oxygen atoms in total. The number of benzene rings is 1. The number of rotatable bonds is 6. The van der Waals surface area contributed by atoms with E-state index in [0.29, 0.717) is 19.6 Å². The van der Waals surface area contributed by atoms with Gasteiger partial charge in [0.15, 0.2) is 0 Å². The lowest BCUT2D eigenvalue weighted by atomic mass is 9.77. The Labute approximate surface area is 160 Å². The monoisotopic (exact) mass is 376 g/mol. The maximum atomic E-state index is 13.8. The Bertz CT molecular complexity index is 680. The molecule has 1 aromatic carbocycles. The topological polar surface area (TPSA) is 60.9 Å². The van der Waals surface area contributed by atoms with Gasteiger partial charge in [-0.3, -0.25) is 14.5 Å². The largest absolute Gasteiger partial charge is 0.480 e. The number of carboxylic acids is 1. The smallest absolute Gasteiger partial charge is 0.317 e. The summed E-state index contributed by atoms with van der Waals surface area (Å²) in [5.74, 6) is -0.991. The van der Waals surface area contributed by atoms with Crippen LogP contribution in [0.25, 0.3) is 0 Å². The van der Waals surface area contributed by atoms with Gasteiger partial charge in [0.1, 0.15) is 5.82 Å². The highest BCUT2D eigenvalue weighted by molar-refractivity contribution is 5.88. The summed E-state index contributed by atoms with van der Waals surface area (Å²) >= 11 is 0. The van der Waals surface area contributed by atoms with Crippen LogP contribution in [0.15, 0.2) is 24.3 Å². The van der Waals surface area contributed by atoms with Crippen LogP contribution >= 0.6 is 0 Å². The second-order valence-electron chi connectivity index (χ2n) is 7.78. The maximum absolute atomic E-state index is 13.8. The van der Waals surface area contributed by atoms with Crippen LogP contribution in [0, 0.1) is 5.82 Å². The third-order valence-electron chi connectivity index (χ3n) is 6.26. The van der Waals surface area contributed by atoms with E-state index in [4.69, 9.17) is 5.11 Å². The van der Waals surface area contributed by atoms with Crippen molar-refractivity contribution in [2.24, 2.45) is 0 Å². The zero-order chi connectivity index (χ0) is 19.4. The van der Waals surface area contributed by atoms with Crippen LogP contribution in [-0.2, 0) is 15.0 Å². The van der Waals surface area contributed by atoms with Crippen molar-refractivity contribution in [1.82, 2.24) is 9.80 Å². The zero-order valence-corrected chi connectivity index (χ0v) is 16.0. The van der Waals surface area contributed by atoms with Gasteiger partial charge >= 0.3 is 5.97 Å². The van der Waals surface area contributed by atoms with Crippen molar-refractivity contribution in [3.63, 3.8) is 0 Å². The lowest BCUT2D eigenvalue weighted by molar-refractivity contribution is -0.142. The number of hydrogen-bond donors (Lipinski definition) is 1. The van der Waals surface area contributed by atoms with Gasteiger partial charge in [-0.2, -0.15) is 0 Å². The van der Waals surface area contributed by atoms with E-state index in [0.717, 1.165) is 44.1 Å². The van der Waals surface area contributed by atoms with Crippen LogP contribution in [0.3, 0.4) is 0 Å². The van der Waals surface area contributed by atoms with Gasteiger partial charge in [0, 0.05) is 19.1 Å². The molecule has 1 aliphatic carbocycles. The number of hydrogen-bond acceptors (Lipinski definition) is 3. The number of aliphatic carboxylic acids is 1. The van der Waals surface area contributed by atoms with Crippen molar-refractivity contribution in [1.29, 1.82) is 0 Å². The summed E-state index contributed by atoms with van der Waals surface area (Å²) < 4.78 is 13.8. The van der Waals surface area contributed by atoms with Gasteiger partial charge in [-0.1, -0.05) is 31.9 Å². The molecule has 2 fully saturated rings. The molecule has 6 heteroatoms. The van der Waals surface area contributed by atoms with E-state index in [1.807, 2.05) is 22.8 Å². The molecule has 3 rings (SSSR count). The fourth-order valence-electron chi connectivity index (χ4n) is 4.80. The number of nitrogens with zero attached hydrogens (tertiary/aromatic N) is 2. The molecule has 1 saturated heterocycles. The van der Waals surface area contributed by atoms with E-state index in [1.165, 1.54) is 12.1 Å². The summed E-state index contributed by atoms with van der Waals surface area (Å²) in [7, 11) is 0. The van der Waals surface area contributed by atoms with E-state index in [2.05, 4.69) is 0 Å². The molecule has 0 unspecified atom stereocenters. The normalized spacial score (nSPS) is 20.2.